The zero-order chi connectivity index (χ0) is 19.6. The molecule has 0 spiro atoms. The molecule has 0 aliphatic carbocycles. The molecular formula is C20H27BrN4OSi. The van der Waals surface area contributed by atoms with E-state index in [9.17, 15) is 0 Å². The minimum Gasteiger partial charge on any atom is -0.360 e. The summed E-state index contributed by atoms with van der Waals surface area (Å²) in [6.07, 6.45) is 1.84. The first kappa shape index (κ1) is 20.2. The maximum absolute atomic E-state index is 5.84. The van der Waals surface area contributed by atoms with Crippen molar-refractivity contribution in [3.63, 3.8) is 0 Å². The molecule has 0 bridgehead atoms. The Bertz CT molecular complexity index is 933. The number of fused-ring (bicyclic) bond motifs is 1. The third-order valence-electron chi connectivity index (χ3n) is 4.49. The van der Waals surface area contributed by atoms with Crippen molar-refractivity contribution in [2.75, 3.05) is 6.61 Å². The first-order valence-corrected chi connectivity index (χ1v) is 13.8. The Labute approximate surface area is 170 Å². The molecule has 0 saturated heterocycles. The van der Waals surface area contributed by atoms with Gasteiger partial charge in [-0.15, -0.1) is 0 Å². The maximum atomic E-state index is 5.84. The van der Waals surface area contributed by atoms with Crippen LogP contribution >= 0.6 is 15.9 Å². The van der Waals surface area contributed by atoms with E-state index in [2.05, 4.69) is 77.7 Å². The molecule has 2 heterocycles. The summed E-state index contributed by atoms with van der Waals surface area (Å²) in [6.45, 7) is 12.6. The molecule has 27 heavy (non-hydrogen) atoms. The zero-order valence-corrected chi connectivity index (χ0v) is 19.2. The fourth-order valence-corrected chi connectivity index (χ4v) is 4.12. The lowest BCUT2D eigenvalue weighted by Gasteiger charge is -2.15. The number of hydrogen-bond acceptors (Lipinski definition) is 4. The number of nitrogens with zero attached hydrogens (tertiary/aromatic N) is 4. The van der Waals surface area contributed by atoms with E-state index in [1.54, 1.807) is 0 Å². The largest absolute Gasteiger partial charge is 0.360 e. The minimum atomic E-state index is -1.09. The van der Waals surface area contributed by atoms with E-state index in [4.69, 9.17) is 9.72 Å². The van der Waals surface area contributed by atoms with Gasteiger partial charge in [0.15, 0.2) is 10.4 Å². The molecular weight excluding hydrogens is 420 g/mol. The number of benzene rings is 1. The third-order valence-corrected chi connectivity index (χ3v) is 6.72. The van der Waals surface area contributed by atoms with Crippen LogP contribution in [0.4, 0.5) is 0 Å². The second-order valence-corrected chi connectivity index (χ2v) is 14.7. The molecule has 3 rings (SSSR count). The van der Waals surface area contributed by atoms with Crippen LogP contribution in [0, 0.1) is 0 Å². The zero-order valence-electron chi connectivity index (χ0n) is 16.7. The van der Waals surface area contributed by atoms with Crippen LogP contribution in [0.3, 0.4) is 0 Å². The van der Waals surface area contributed by atoms with Crippen LogP contribution < -0.4 is 0 Å². The Hall–Kier alpha value is -1.57. The summed E-state index contributed by atoms with van der Waals surface area (Å²) in [5.41, 5.74) is 4.00. The van der Waals surface area contributed by atoms with Gasteiger partial charge in [0.25, 0.3) is 0 Å². The highest BCUT2D eigenvalue weighted by molar-refractivity contribution is 9.10. The molecule has 144 valence electrons. The summed E-state index contributed by atoms with van der Waals surface area (Å²) < 4.78 is 8.38. The van der Waals surface area contributed by atoms with E-state index < -0.39 is 8.07 Å². The van der Waals surface area contributed by atoms with Crippen LogP contribution in [0.15, 0.2) is 35.1 Å². The molecule has 1 aromatic carbocycles. The molecule has 0 fully saturated rings. The molecule has 2 aromatic heterocycles. The number of hydrogen-bond donors (Lipinski definition) is 0. The SMILES string of the molecule is CC(C)c1ccccc1-c1ncc2c(n1)c(Br)nn2COCC[Si](C)(C)C. The molecule has 0 unspecified atom stereocenters. The third kappa shape index (κ3) is 4.83. The monoisotopic (exact) mass is 446 g/mol. The average molecular weight is 447 g/mol. The van der Waals surface area contributed by atoms with Crippen LogP contribution in [0.5, 0.6) is 0 Å². The van der Waals surface area contributed by atoms with Crippen molar-refractivity contribution in [3.05, 3.63) is 40.6 Å². The van der Waals surface area contributed by atoms with Gasteiger partial charge in [0.2, 0.25) is 0 Å². The lowest BCUT2D eigenvalue weighted by atomic mass is 9.97. The molecule has 0 saturated carbocycles. The molecule has 0 radical (unpaired) electrons. The second-order valence-electron chi connectivity index (χ2n) is 8.31. The number of ether oxygens (including phenoxy) is 1. The van der Waals surface area contributed by atoms with E-state index in [0.717, 1.165) is 39.7 Å². The van der Waals surface area contributed by atoms with Gasteiger partial charge in [-0.2, -0.15) is 5.10 Å². The Morgan fingerprint density at radius 1 is 1.19 bits per heavy atom. The van der Waals surface area contributed by atoms with E-state index in [-0.39, 0.29) is 0 Å². The van der Waals surface area contributed by atoms with Gasteiger partial charge in [0.05, 0.1) is 6.20 Å². The van der Waals surface area contributed by atoms with Gasteiger partial charge in [0, 0.05) is 20.2 Å². The summed E-state index contributed by atoms with van der Waals surface area (Å²) >= 11 is 3.54. The van der Waals surface area contributed by atoms with Gasteiger partial charge in [-0.05, 0) is 33.5 Å². The molecule has 0 N–H and O–H groups in total. The Balaban J connectivity index is 1.86. The van der Waals surface area contributed by atoms with Gasteiger partial charge in [-0.3, -0.25) is 0 Å². The van der Waals surface area contributed by atoms with E-state index in [1.807, 2.05) is 16.9 Å². The quantitative estimate of drug-likeness (QED) is 0.345. The highest BCUT2D eigenvalue weighted by Crippen LogP contribution is 2.29. The maximum Gasteiger partial charge on any atom is 0.160 e. The first-order chi connectivity index (χ1) is 12.8. The van der Waals surface area contributed by atoms with Crippen molar-refractivity contribution in [3.8, 4) is 11.4 Å². The Morgan fingerprint density at radius 3 is 2.63 bits per heavy atom. The number of rotatable bonds is 7. The molecule has 3 aromatic rings. The topological polar surface area (TPSA) is 52.8 Å². The van der Waals surface area contributed by atoms with Crippen molar-refractivity contribution >= 4 is 35.0 Å². The second kappa shape index (κ2) is 8.20. The van der Waals surface area contributed by atoms with Gasteiger partial charge in [-0.25, -0.2) is 14.6 Å². The molecule has 5 nitrogen and oxygen atoms in total. The predicted octanol–water partition coefficient (Wildman–Crippen LogP) is 5.69. The van der Waals surface area contributed by atoms with Crippen LogP contribution in [0.2, 0.25) is 25.7 Å². The molecule has 0 amide bonds. The van der Waals surface area contributed by atoms with Gasteiger partial charge in [-0.1, -0.05) is 57.8 Å². The summed E-state index contributed by atoms with van der Waals surface area (Å²) in [7, 11) is -1.09. The van der Waals surface area contributed by atoms with Crippen LogP contribution in [0.25, 0.3) is 22.4 Å². The van der Waals surface area contributed by atoms with Crippen LogP contribution in [-0.4, -0.2) is 34.4 Å². The fourth-order valence-electron chi connectivity index (χ4n) is 2.89. The van der Waals surface area contributed by atoms with Crippen molar-refractivity contribution < 1.29 is 4.74 Å². The van der Waals surface area contributed by atoms with Crippen molar-refractivity contribution in [2.45, 2.75) is 52.2 Å². The summed E-state index contributed by atoms with van der Waals surface area (Å²) in [6, 6.07) is 9.44. The van der Waals surface area contributed by atoms with E-state index in [1.165, 1.54) is 5.56 Å². The molecule has 0 aliphatic heterocycles. The van der Waals surface area contributed by atoms with Crippen molar-refractivity contribution in [1.29, 1.82) is 0 Å². The lowest BCUT2D eigenvalue weighted by molar-refractivity contribution is 0.0814. The predicted molar refractivity (Wildman–Crippen MR) is 117 cm³/mol. The van der Waals surface area contributed by atoms with Gasteiger partial charge in [0.1, 0.15) is 17.8 Å². The van der Waals surface area contributed by atoms with Crippen LogP contribution in [0.1, 0.15) is 25.3 Å². The fraction of sp³-hybridized carbons (Fsp3) is 0.450. The normalized spacial score (nSPS) is 12.3. The number of aromatic nitrogens is 4. The Kier molecular flexibility index (Phi) is 6.13. The smallest absolute Gasteiger partial charge is 0.160 e. The summed E-state index contributed by atoms with van der Waals surface area (Å²) in [5, 5.41) is 4.53. The van der Waals surface area contributed by atoms with E-state index >= 15 is 0 Å². The van der Waals surface area contributed by atoms with Crippen LogP contribution in [-0.2, 0) is 11.5 Å². The first-order valence-electron chi connectivity index (χ1n) is 9.32. The van der Waals surface area contributed by atoms with Crippen molar-refractivity contribution in [2.24, 2.45) is 0 Å². The van der Waals surface area contributed by atoms with E-state index in [0.29, 0.717) is 12.6 Å². The summed E-state index contributed by atoms with van der Waals surface area (Å²) in [4.78, 5) is 9.41. The lowest BCUT2D eigenvalue weighted by Crippen LogP contribution is -2.22. The standard InChI is InChI=1S/C20H27BrN4OSi/c1-14(2)15-8-6-7-9-16(15)20-22-12-17-18(23-20)19(21)24-25(17)13-26-10-11-27(3,4)5/h6-9,12,14H,10-11,13H2,1-5H3. The molecule has 7 heteroatoms. The highest BCUT2D eigenvalue weighted by Gasteiger charge is 2.16. The van der Waals surface area contributed by atoms with Crippen molar-refractivity contribution in [1.82, 2.24) is 19.7 Å². The molecule has 0 atom stereocenters. The van der Waals surface area contributed by atoms with Gasteiger partial charge < -0.3 is 4.74 Å². The Morgan fingerprint density at radius 2 is 1.93 bits per heavy atom. The molecule has 0 aliphatic rings. The van der Waals surface area contributed by atoms with Gasteiger partial charge >= 0.3 is 0 Å². The average Bonchev–Trinajstić information content (AvgIpc) is 2.93. The summed E-state index contributed by atoms with van der Waals surface area (Å²) in [5.74, 6) is 1.14. The minimum absolute atomic E-state index is 0.409. The number of halogens is 1. The highest BCUT2D eigenvalue weighted by atomic mass is 79.9.